The van der Waals surface area contributed by atoms with Crippen molar-refractivity contribution in [3.05, 3.63) is 59.1 Å². The highest BCUT2D eigenvalue weighted by molar-refractivity contribution is 5.33. The molecule has 1 N–H and O–H groups in total. The lowest BCUT2D eigenvalue weighted by atomic mass is 9.99. The summed E-state index contributed by atoms with van der Waals surface area (Å²) in [4.78, 5) is 0. The molecule has 0 aliphatic rings. The Morgan fingerprint density at radius 1 is 1.26 bits per heavy atom. The number of rotatable bonds is 5. The van der Waals surface area contributed by atoms with E-state index in [9.17, 15) is 8.78 Å². The molecule has 0 spiro atoms. The van der Waals surface area contributed by atoms with E-state index in [1.54, 1.807) is 19.3 Å². The van der Waals surface area contributed by atoms with Crippen LogP contribution in [0.3, 0.4) is 0 Å². The standard InChI is InChI=1S/C15H17F2NO/c1-3-5-18-15(11-4-6-19-9-11)12-8-13(16)10(2)7-14(12)17/h4,6-9,15,18H,3,5H2,1-2H3. The van der Waals surface area contributed by atoms with E-state index < -0.39 is 17.7 Å². The third-order valence-electron chi connectivity index (χ3n) is 3.06. The predicted molar refractivity (Wildman–Crippen MR) is 69.9 cm³/mol. The summed E-state index contributed by atoms with van der Waals surface area (Å²) < 4.78 is 32.8. The van der Waals surface area contributed by atoms with Crippen molar-refractivity contribution in [1.82, 2.24) is 5.32 Å². The van der Waals surface area contributed by atoms with Crippen LogP contribution >= 0.6 is 0 Å². The lowest BCUT2D eigenvalue weighted by Gasteiger charge is -2.19. The summed E-state index contributed by atoms with van der Waals surface area (Å²) in [5.74, 6) is -0.808. The summed E-state index contributed by atoms with van der Waals surface area (Å²) in [6.07, 6.45) is 3.98. The molecule has 1 heterocycles. The molecular weight excluding hydrogens is 248 g/mol. The van der Waals surface area contributed by atoms with E-state index in [0.717, 1.165) is 12.0 Å². The molecule has 19 heavy (non-hydrogen) atoms. The zero-order chi connectivity index (χ0) is 13.8. The van der Waals surface area contributed by atoms with Gasteiger partial charge in [0.2, 0.25) is 0 Å². The Balaban J connectivity index is 2.40. The van der Waals surface area contributed by atoms with Gasteiger partial charge in [-0.05, 0) is 43.7 Å². The van der Waals surface area contributed by atoms with Gasteiger partial charge in [0.05, 0.1) is 18.6 Å². The SMILES string of the molecule is CCCNC(c1ccoc1)c1cc(F)c(C)cc1F. The minimum atomic E-state index is -0.409. The molecule has 0 radical (unpaired) electrons. The van der Waals surface area contributed by atoms with Crippen molar-refractivity contribution in [3.63, 3.8) is 0 Å². The van der Waals surface area contributed by atoms with Crippen LogP contribution in [0, 0.1) is 18.6 Å². The molecule has 0 aliphatic heterocycles. The highest BCUT2D eigenvalue weighted by Crippen LogP contribution is 2.26. The monoisotopic (exact) mass is 265 g/mol. The number of aryl methyl sites for hydroxylation is 1. The molecule has 1 unspecified atom stereocenters. The van der Waals surface area contributed by atoms with Crippen molar-refractivity contribution in [2.24, 2.45) is 0 Å². The summed E-state index contributed by atoms with van der Waals surface area (Å²) in [6, 6.07) is 3.84. The van der Waals surface area contributed by atoms with Crippen molar-refractivity contribution in [3.8, 4) is 0 Å². The van der Waals surface area contributed by atoms with Gasteiger partial charge in [-0.1, -0.05) is 6.92 Å². The zero-order valence-electron chi connectivity index (χ0n) is 11.0. The molecule has 0 aliphatic carbocycles. The number of halogens is 2. The Hall–Kier alpha value is -1.68. The summed E-state index contributed by atoms with van der Waals surface area (Å²) in [7, 11) is 0. The van der Waals surface area contributed by atoms with Crippen molar-refractivity contribution in [1.29, 1.82) is 0 Å². The van der Waals surface area contributed by atoms with Gasteiger partial charge in [-0.25, -0.2) is 8.78 Å². The number of furan rings is 1. The summed E-state index contributed by atoms with van der Waals surface area (Å²) in [6.45, 7) is 4.28. The largest absolute Gasteiger partial charge is 0.472 e. The van der Waals surface area contributed by atoms with E-state index in [-0.39, 0.29) is 0 Å². The number of hydrogen-bond donors (Lipinski definition) is 1. The van der Waals surface area contributed by atoms with E-state index >= 15 is 0 Å². The van der Waals surface area contributed by atoms with Crippen molar-refractivity contribution >= 4 is 0 Å². The molecule has 0 amide bonds. The smallest absolute Gasteiger partial charge is 0.128 e. The van der Waals surface area contributed by atoms with Gasteiger partial charge in [-0.2, -0.15) is 0 Å². The Bertz CT molecular complexity index is 537. The van der Waals surface area contributed by atoms with E-state index in [1.807, 2.05) is 6.92 Å². The van der Waals surface area contributed by atoms with Gasteiger partial charge in [0.1, 0.15) is 11.6 Å². The minimum Gasteiger partial charge on any atom is -0.472 e. The molecule has 4 heteroatoms. The third kappa shape index (κ3) is 3.01. The first-order valence-electron chi connectivity index (χ1n) is 6.34. The number of benzene rings is 1. The highest BCUT2D eigenvalue weighted by atomic mass is 19.1. The first-order chi connectivity index (χ1) is 9.13. The summed E-state index contributed by atoms with van der Waals surface area (Å²) >= 11 is 0. The van der Waals surface area contributed by atoms with Gasteiger partial charge in [0.15, 0.2) is 0 Å². The van der Waals surface area contributed by atoms with Crippen LogP contribution in [0.1, 0.15) is 36.1 Å². The molecular formula is C15H17F2NO. The van der Waals surface area contributed by atoms with Crippen LogP contribution in [0.2, 0.25) is 0 Å². The summed E-state index contributed by atoms with van der Waals surface area (Å²) in [5, 5.41) is 3.21. The molecule has 0 saturated heterocycles. The maximum Gasteiger partial charge on any atom is 0.128 e. The molecule has 0 fully saturated rings. The molecule has 2 rings (SSSR count). The topological polar surface area (TPSA) is 25.2 Å². The molecule has 0 saturated carbocycles. The second-order valence-corrected chi connectivity index (χ2v) is 4.57. The van der Waals surface area contributed by atoms with Crippen LogP contribution in [0.4, 0.5) is 8.78 Å². The van der Waals surface area contributed by atoms with E-state index in [1.165, 1.54) is 18.4 Å². The van der Waals surface area contributed by atoms with Gasteiger partial charge in [0.25, 0.3) is 0 Å². The van der Waals surface area contributed by atoms with Crippen LogP contribution in [-0.2, 0) is 0 Å². The fraction of sp³-hybridized carbons (Fsp3) is 0.333. The average Bonchev–Trinajstić information content (AvgIpc) is 2.89. The Morgan fingerprint density at radius 3 is 2.68 bits per heavy atom. The van der Waals surface area contributed by atoms with Gasteiger partial charge in [0, 0.05) is 11.1 Å². The van der Waals surface area contributed by atoms with Crippen molar-refractivity contribution in [2.75, 3.05) is 6.54 Å². The first kappa shape index (κ1) is 13.7. The Morgan fingerprint density at radius 2 is 2.05 bits per heavy atom. The predicted octanol–water partition coefficient (Wildman–Crippen LogP) is 3.96. The maximum atomic E-state index is 14.1. The lowest BCUT2D eigenvalue weighted by molar-refractivity contribution is 0.521. The normalized spacial score (nSPS) is 12.6. The Kier molecular flexibility index (Phi) is 4.32. The van der Waals surface area contributed by atoms with Gasteiger partial charge < -0.3 is 9.73 Å². The second kappa shape index (κ2) is 5.97. The minimum absolute atomic E-state index is 0.304. The first-order valence-corrected chi connectivity index (χ1v) is 6.34. The number of nitrogens with one attached hydrogen (secondary N) is 1. The molecule has 2 aromatic rings. The number of hydrogen-bond acceptors (Lipinski definition) is 2. The summed E-state index contributed by atoms with van der Waals surface area (Å²) in [5.41, 5.74) is 1.40. The van der Waals surface area contributed by atoms with Crippen LogP contribution in [0.5, 0.6) is 0 Å². The molecule has 1 aromatic carbocycles. The zero-order valence-corrected chi connectivity index (χ0v) is 11.0. The second-order valence-electron chi connectivity index (χ2n) is 4.57. The average molecular weight is 265 g/mol. The van der Waals surface area contributed by atoms with Gasteiger partial charge in [-0.15, -0.1) is 0 Å². The molecule has 1 atom stereocenters. The van der Waals surface area contributed by atoms with Crippen LogP contribution in [0.25, 0.3) is 0 Å². The van der Waals surface area contributed by atoms with Crippen molar-refractivity contribution < 1.29 is 13.2 Å². The van der Waals surface area contributed by atoms with E-state index in [0.29, 0.717) is 17.7 Å². The van der Waals surface area contributed by atoms with Crippen molar-refractivity contribution in [2.45, 2.75) is 26.3 Å². The molecule has 1 aromatic heterocycles. The maximum absolute atomic E-state index is 14.1. The molecule has 102 valence electrons. The van der Waals surface area contributed by atoms with Crippen LogP contribution < -0.4 is 5.32 Å². The van der Waals surface area contributed by atoms with Gasteiger partial charge in [-0.3, -0.25) is 0 Å². The molecule has 0 bridgehead atoms. The Labute approximate surface area is 111 Å². The van der Waals surface area contributed by atoms with Crippen LogP contribution in [-0.4, -0.2) is 6.54 Å². The fourth-order valence-electron chi connectivity index (χ4n) is 2.02. The van der Waals surface area contributed by atoms with E-state index in [4.69, 9.17) is 4.42 Å². The fourth-order valence-corrected chi connectivity index (χ4v) is 2.02. The van der Waals surface area contributed by atoms with Crippen LogP contribution in [0.15, 0.2) is 35.1 Å². The quantitative estimate of drug-likeness (QED) is 0.885. The third-order valence-corrected chi connectivity index (χ3v) is 3.06. The lowest BCUT2D eigenvalue weighted by Crippen LogP contribution is -2.24. The van der Waals surface area contributed by atoms with Gasteiger partial charge >= 0.3 is 0 Å². The highest BCUT2D eigenvalue weighted by Gasteiger charge is 2.20. The van der Waals surface area contributed by atoms with E-state index in [2.05, 4.69) is 5.32 Å². The molecule has 2 nitrogen and oxygen atoms in total.